The predicted octanol–water partition coefficient (Wildman–Crippen LogP) is 8.30. The first-order valence-corrected chi connectivity index (χ1v) is 17.6. The van der Waals surface area contributed by atoms with Crippen molar-refractivity contribution in [2.75, 3.05) is 59.6 Å². The standard InChI is InChI=1S/C38H58N2O6/c1-7-12-13-14-19-32-37(42)36-33(41)26-30(43-6)28-35(36)46-38(32)31-21-20-29(44-24-17-15-22-39(8-2)9-3)27-34(31)45-25-18-16-23-40(10-4)11-5/h20-21,26-28,41H,7-19,22-25H2,1-6H3. The number of aromatic hydroxyl groups is 1. The number of ether oxygens (including phenoxy) is 3. The van der Waals surface area contributed by atoms with Gasteiger partial charge >= 0.3 is 0 Å². The normalized spacial score (nSPS) is 11.6. The number of hydrogen-bond donors (Lipinski definition) is 1. The summed E-state index contributed by atoms with van der Waals surface area (Å²) in [6.07, 6.45) is 8.59. The molecule has 46 heavy (non-hydrogen) atoms. The van der Waals surface area contributed by atoms with Gasteiger partial charge in [0.2, 0.25) is 0 Å². The van der Waals surface area contributed by atoms with Crippen LogP contribution < -0.4 is 19.6 Å². The van der Waals surface area contributed by atoms with Crippen LogP contribution in [0.15, 0.2) is 39.5 Å². The van der Waals surface area contributed by atoms with Gasteiger partial charge in [0.05, 0.1) is 25.9 Å². The number of benzene rings is 2. The third-order valence-electron chi connectivity index (χ3n) is 8.81. The number of fused-ring (bicyclic) bond motifs is 1. The zero-order valence-corrected chi connectivity index (χ0v) is 29.3. The number of phenolic OH excluding ortho intramolecular Hbond substituents is 1. The van der Waals surface area contributed by atoms with E-state index < -0.39 is 0 Å². The molecule has 0 aliphatic rings. The van der Waals surface area contributed by atoms with E-state index in [0.29, 0.717) is 48.0 Å². The zero-order valence-electron chi connectivity index (χ0n) is 29.3. The van der Waals surface area contributed by atoms with Crippen LogP contribution in [0.4, 0.5) is 0 Å². The molecule has 0 aliphatic carbocycles. The van der Waals surface area contributed by atoms with Gasteiger partial charge in [0.15, 0.2) is 5.43 Å². The number of methoxy groups -OCH3 is 1. The summed E-state index contributed by atoms with van der Waals surface area (Å²) in [7, 11) is 1.52. The fourth-order valence-corrected chi connectivity index (χ4v) is 5.83. The van der Waals surface area contributed by atoms with E-state index in [1.807, 2.05) is 18.2 Å². The molecule has 8 nitrogen and oxygen atoms in total. The second-order valence-electron chi connectivity index (χ2n) is 11.9. The number of phenols is 1. The molecule has 3 rings (SSSR count). The Morgan fingerprint density at radius 2 is 1.39 bits per heavy atom. The van der Waals surface area contributed by atoms with Gasteiger partial charge in [-0.1, -0.05) is 53.9 Å². The van der Waals surface area contributed by atoms with Crippen molar-refractivity contribution in [1.29, 1.82) is 0 Å². The van der Waals surface area contributed by atoms with Crippen molar-refractivity contribution in [3.05, 3.63) is 46.1 Å². The predicted molar refractivity (Wildman–Crippen MR) is 189 cm³/mol. The topological polar surface area (TPSA) is 84.6 Å². The van der Waals surface area contributed by atoms with Gasteiger partial charge in [0.25, 0.3) is 0 Å². The Balaban J connectivity index is 1.96. The van der Waals surface area contributed by atoms with E-state index >= 15 is 0 Å². The van der Waals surface area contributed by atoms with Crippen molar-refractivity contribution in [3.63, 3.8) is 0 Å². The van der Waals surface area contributed by atoms with Gasteiger partial charge in [-0.3, -0.25) is 4.79 Å². The van der Waals surface area contributed by atoms with Gasteiger partial charge in [-0.05, 0) is 89.9 Å². The highest BCUT2D eigenvalue weighted by molar-refractivity contribution is 5.88. The molecule has 1 aromatic heterocycles. The van der Waals surface area contributed by atoms with Gasteiger partial charge in [0.1, 0.15) is 39.7 Å². The molecule has 0 saturated heterocycles. The number of hydrogen-bond acceptors (Lipinski definition) is 8. The molecule has 0 amide bonds. The quantitative estimate of drug-likeness (QED) is 0.104. The molecule has 0 radical (unpaired) electrons. The molecule has 0 unspecified atom stereocenters. The molecular formula is C38H58N2O6. The summed E-state index contributed by atoms with van der Waals surface area (Å²) in [6, 6.07) is 8.92. The van der Waals surface area contributed by atoms with Gasteiger partial charge in [0, 0.05) is 23.8 Å². The third kappa shape index (κ3) is 10.7. The third-order valence-corrected chi connectivity index (χ3v) is 8.81. The van der Waals surface area contributed by atoms with Crippen molar-refractivity contribution in [1.82, 2.24) is 9.80 Å². The molecule has 3 aromatic rings. The summed E-state index contributed by atoms with van der Waals surface area (Å²) >= 11 is 0. The Morgan fingerprint density at radius 1 is 0.739 bits per heavy atom. The largest absolute Gasteiger partial charge is 0.507 e. The zero-order chi connectivity index (χ0) is 33.3. The van der Waals surface area contributed by atoms with Crippen LogP contribution in [0.25, 0.3) is 22.3 Å². The minimum absolute atomic E-state index is 0.140. The van der Waals surface area contributed by atoms with E-state index in [1.54, 1.807) is 6.07 Å². The first-order chi connectivity index (χ1) is 22.4. The van der Waals surface area contributed by atoms with Crippen LogP contribution in [0.1, 0.15) is 91.5 Å². The molecule has 0 bridgehead atoms. The van der Waals surface area contributed by atoms with Crippen LogP contribution in [-0.2, 0) is 6.42 Å². The van der Waals surface area contributed by atoms with Gasteiger partial charge in [-0.2, -0.15) is 0 Å². The van der Waals surface area contributed by atoms with E-state index in [2.05, 4.69) is 44.4 Å². The van der Waals surface area contributed by atoms with Crippen LogP contribution in [0.2, 0.25) is 0 Å². The molecule has 1 heterocycles. The highest BCUT2D eigenvalue weighted by Gasteiger charge is 2.22. The molecule has 8 heteroatoms. The highest BCUT2D eigenvalue weighted by atomic mass is 16.5. The summed E-state index contributed by atoms with van der Waals surface area (Å²) in [5.41, 5.74) is 1.34. The summed E-state index contributed by atoms with van der Waals surface area (Å²) < 4.78 is 24.5. The van der Waals surface area contributed by atoms with Crippen LogP contribution in [0.5, 0.6) is 23.0 Å². The fourth-order valence-electron chi connectivity index (χ4n) is 5.83. The molecule has 1 N–H and O–H groups in total. The summed E-state index contributed by atoms with van der Waals surface area (Å²) in [6.45, 7) is 18.4. The summed E-state index contributed by atoms with van der Waals surface area (Å²) in [4.78, 5) is 18.8. The van der Waals surface area contributed by atoms with Crippen molar-refractivity contribution < 1.29 is 23.7 Å². The Hall–Kier alpha value is -3.23. The number of unbranched alkanes of at least 4 members (excludes halogenated alkanes) is 5. The summed E-state index contributed by atoms with van der Waals surface area (Å²) in [5, 5.41) is 11.0. The van der Waals surface area contributed by atoms with Crippen LogP contribution in [-0.4, -0.2) is 74.5 Å². The maximum atomic E-state index is 14.0. The van der Waals surface area contributed by atoms with E-state index in [1.165, 1.54) is 13.2 Å². The lowest BCUT2D eigenvalue weighted by Crippen LogP contribution is -2.24. The molecule has 256 valence electrons. The minimum Gasteiger partial charge on any atom is -0.507 e. The van der Waals surface area contributed by atoms with E-state index in [4.69, 9.17) is 18.6 Å². The lowest BCUT2D eigenvalue weighted by atomic mass is 9.98. The Kier molecular flexibility index (Phi) is 16.3. The van der Waals surface area contributed by atoms with Crippen molar-refractivity contribution in [3.8, 4) is 34.3 Å². The van der Waals surface area contributed by atoms with Crippen molar-refractivity contribution in [2.24, 2.45) is 0 Å². The number of rotatable bonds is 23. The molecule has 0 aliphatic heterocycles. The number of nitrogens with zero attached hydrogens (tertiary/aromatic N) is 2. The minimum atomic E-state index is -0.216. The van der Waals surface area contributed by atoms with Crippen molar-refractivity contribution in [2.45, 2.75) is 92.4 Å². The maximum absolute atomic E-state index is 14.0. The molecule has 0 saturated carbocycles. The molecular weight excluding hydrogens is 580 g/mol. The van der Waals surface area contributed by atoms with Crippen LogP contribution in [0, 0.1) is 0 Å². The Labute approximate surface area is 276 Å². The SMILES string of the molecule is CCCCCCc1c(-c2ccc(OCCCCN(CC)CC)cc2OCCCCN(CC)CC)oc2cc(OC)cc(O)c2c1=O. The fraction of sp³-hybridized carbons (Fsp3) is 0.605. The van der Waals surface area contributed by atoms with Crippen LogP contribution >= 0.6 is 0 Å². The smallest absolute Gasteiger partial charge is 0.200 e. The van der Waals surface area contributed by atoms with Crippen molar-refractivity contribution >= 4 is 11.0 Å². The molecule has 0 atom stereocenters. The Bertz CT molecular complexity index is 1380. The van der Waals surface area contributed by atoms with E-state index in [-0.39, 0.29) is 22.1 Å². The van der Waals surface area contributed by atoms with E-state index in [9.17, 15) is 9.90 Å². The van der Waals surface area contributed by atoms with Gasteiger partial charge < -0.3 is 33.5 Å². The lowest BCUT2D eigenvalue weighted by molar-refractivity contribution is 0.260. The maximum Gasteiger partial charge on any atom is 0.200 e. The average Bonchev–Trinajstić information content (AvgIpc) is 3.07. The lowest BCUT2D eigenvalue weighted by Gasteiger charge is -2.19. The highest BCUT2D eigenvalue weighted by Crippen LogP contribution is 2.39. The average molecular weight is 639 g/mol. The van der Waals surface area contributed by atoms with E-state index in [0.717, 1.165) is 96.4 Å². The Morgan fingerprint density at radius 3 is 2.00 bits per heavy atom. The molecule has 0 spiro atoms. The summed E-state index contributed by atoms with van der Waals surface area (Å²) in [5.74, 6) is 2.12. The molecule has 0 fully saturated rings. The molecule has 2 aromatic carbocycles. The monoisotopic (exact) mass is 638 g/mol. The first-order valence-electron chi connectivity index (χ1n) is 17.6. The van der Waals surface area contributed by atoms with Gasteiger partial charge in [-0.25, -0.2) is 0 Å². The first kappa shape index (κ1) is 37.2. The second-order valence-corrected chi connectivity index (χ2v) is 11.9. The second kappa shape index (κ2) is 20.1. The van der Waals surface area contributed by atoms with Crippen LogP contribution in [0.3, 0.4) is 0 Å². The van der Waals surface area contributed by atoms with Gasteiger partial charge in [-0.15, -0.1) is 0 Å².